The Morgan fingerprint density at radius 3 is 2.54 bits per heavy atom. The van der Waals surface area contributed by atoms with Crippen LogP contribution in [0.3, 0.4) is 0 Å². The average molecular weight is 478 g/mol. The van der Waals surface area contributed by atoms with Crippen LogP contribution in [-0.2, 0) is 16.8 Å². The lowest BCUT2D eigenvalue weighted by Crippen LogP contribution is -2.35. The van der Waals surface area contributed by atoms with Crippen molar-refractivity contribution in [1.29, 1.82) is 0 Å². The SMILES string of the molecule is Cc1cc(Nc2cc(CN3CCOCC3)c3ncc(C(F)c4ccccc4)n3n2)n(C(C)(C)C)n1. The van der Waals surface area contributed by atoms with Crippen LogP contribution in [0.5, 0.6) is 0 Å². The van der Waals surface area contributed by atoms with Crippen molar-refractivity contribution in [2.45, 2.75) is 46.0 Å². The molecule has 8 nitrogen and oxygen atoms in total. The van der Waals surface area contributed by atoms with Crippen LogP contribution in [0.1, 0.15) is 49.5 Å². The first-order chi connectivity index (χ1) is 16.8. The number of aryl methyl sites for hydroxylation is 1. The summed E-state index contributed by atoms with van der Waals surface area (Å²) < 4.78 is 24.7. The Labute approximate surface area is 204 Å². The standard InChI is InChI=1S/C26H32FN7O/c1-18-14-23(34(30-18)26(2,3)4)29-22-15-20(17-32-10-12-35-13-11-32)25-28-16-21(33(25)31-22)24(27)19-8-6-5-7-9-19/h5-9,14-16,24H,10-13,17H2,1-4H3,(H,29,31). The molecule has 0 amide bonds. The zero-order chi connectivity index (χ0) is 24.6. The third-order valence-corrected chi connectivity index (χ3v) is 6.14. The molecule has 4 heterocycles. The van der Waals surface area contributed by atoms with Crippen molar-refractivity contribution in [3.8, 4) is 0 Å². The van der Waals surface area contributed by atoms with Gasteiger partial charge in [0.15, 0.2) is 17.6 Å². The molecule has 1 aliphatic heterocycles. The molecule has 4 aromatic rings. The smallest absolute Gasteiger partial charge is 0.169 e. The van der Waals surface area contributed by atoms with Crippen LogP contribution in [0.25, 0.3) is 5.65 Å². The van der Waals surface area contributed by atoms with E-state index in [1.807, 2.05) is 41.9 Å². The van der Waals surface area contributed by atoms with Crippen molar-refractivity contribution in [3.05, 3.63) is 71.2 Å². The van der Waals surface area contributed by atoms with Crippen LogP contribution < -0.4 is 5.32 Å². The first-order valence-corrected chi connectivity index (χ1v) is 12.0. The number of anilines is 2. The van der Waals surface area contributed by atoms with Crippen molar-refractivity contribution < 1.29 is 9.13 Å². The number of aromatic nitrogens is 5. The maximum Gasteiger partial charge on any atom is 0.169 e. The van der Waals surface area contributed by atoms with Gasteiger partial charge in [0.05, 0.1) is 30.6 Å². The molecule has 0 radical (unpaired) electrons. The van der Waals surface area contributed by atoms with E-state index < -0.39 is 6.17 Å². The van der Waals surface area contributed by atoms with Crippen LogP contribution in [-0.4, -0.2) is 55.6 Å². The van der Waals surface area contributed by atoms with Gasteiger partial charge in [-0.1, -0.05) is 30.3 Å². The summed E-state index contributed by atoms with van der Waals surface area (Å²) in [6.45, 7) is 12.1. The molecule has 184 valence electrons. The number of hydrogen-bond acceptors (Lipinski definition) is 6. The second-order valence-electron chi connectivity index (χ2n) is 10.0. The van der Waals surface area contributed by atoms with E-state index in [4.69, 9.17) is 9.84 Å². The molecule has 35 heavy (non-hydrogen) atoms. The molecular formula is C26H32FN7O. The fourth-order valence-electron chi connectivity index (χ4n) is 4.42. The number of rotatable bonds is 6. The fraction of sp³-hybridized carbons (Fsp3) is 0.423. The Bertz CT molecular complexity index is 1300. The van der Waals surface area contributed by atoms with Gasteiger partial charge in [0.2, 0.25) is 0 Å². The van der Waals surface area contributed by atoms with Gasteiger partial charge in [-0.2, -0.15) is 5.10 Å². The predicted molar refractivity (Wildman–Crippen MR) is 134 cm³/mol. The first kappa shape index (κ1) is 23.4. The summed E-state index contributed by atoms with van der Waals surface area (Å²) in [5.41, 5.74) is 3.32. The number of ether oxygens (including phenoxy) is 1. The number of morpholine rings is 1. The monoisotopic (exact) mass is 477 g/mol. The minimum Gasteiger partial charge on any atom is -0.379 e. The van der Waals surface area contributed by atoms with Gasteiger partial charge in [0.25, 0.3) is 0 Å². The molecule has 0 bridgehead atoms. The summed E-state index contributed by atoms with van der Waals surface area (Å²) >= 11 is 0. The largest absolute Gasteiger partial charge is 0.379 e. The van der Waals surface area contributed by atoms with Gasteiger partial charge in [0.1, 0.15) is 11.5 Å². The zero-order valence-corrected chi connectivity index (χ0v) is 20.7. The van der Waals surface area contributed by atoms with Crippen molar-refractivity contribution in [3.63, 3.8) is 0 Å². The highest BCUT2D eigenvalue weighted by Crippen LogP contribution is 2.29. The van der Waals surface area contributed by atoms with Gasteiger partial charge in [0, 0.05) is 31.3 Å². The number of benzene rings is 1. The van der Waals surface area contributed by atoms with Crippen LogP contribution in [0.2, 0.25) is 0 Å². The molecule has 1 saturated heterocycles. The Morgan fingerprint density at radius 2 is 1.83 bits per heavy atom. The number of alkyl halides is 1. The number of nitrogens with zero attached hydrogens (tertiary/aromatic N) is 6. The summed E-state index contributed by atoms with van der Waals surface area (Å²) in [7, 11) is 0. The number of nitrogens with one attached hydrogen (secondary N) is 1. The summed E-state index contributed by atoms with van der Waals surface area (Å²) in [5.74, 6) is 1.45. The molecule has 1 aliphatic rings. The van der Waals surface area contributed by atoms with E-state index in [-0.39, 0.29) is 5.54 Å². The van der Waals surface area contributed by atoms with Crippen molar-refractivity contribution >= 4 is 17.3 Å². The maximum atomic E-state index is 15.6. The molecule has 0 aliphatic carbocycles. The number of hydrogen-bond donors (Lipinski definition) is 1. The normalized spacial score (nSPS) is 16.0. The van der Waals surface area contributed by atoms with Gasteiger partial charge in [-0.25, -0.2) is 18.6 Å². The van der Waals surface area contributed by atoms with E-state index in [1.165, 1.54) is 0 Å². The van der Waals surface area contributed by atoms with Crippen LogP contribution in [0.4, 0.5) is 16.0 Å². The third kappa shape index (κ3) is 4.92. The second-order valence-corrected chi connectivity index (χ2v) is 10.0. The maximum absolute atomic E-state index is 15.6. The molecule has 0 saturated carbocycles. The van der Waals surface area contributed by atoms with E-state index in [0.717, 1.165) is 30.2 Å². The molecule has 1 atom stereocenters. The van der Waals surface area contributed by atoms with Gasteiger partial charge >= 0.3 is 0 Å². The van der Waals surface area contributed by atoms with E-state index in [2.05, 4.69) is 41.1 Å². The molecule has 0 spiro atoms. The van der Waals surface area contributed by atoms with E-state index in [0.29, 0.717) is 42.5 Å². The van der Waals surface area contributed by atoms with Gasteiger partial charge in [-0.15, -0.1) is 5.10 Å². The Balaban J connectivity index is 1.58. The summed E-state index contributed by atoms with van der Waals surface area (Å²) in [6, 6.07) is 13.1. The zero-order valence-electron chi connectivity index (χ0n) is 20.7. The Kier molecular flexibility index (Phi) is 6.29. The van der Waals surface area contributed by atoms with Gasteiger partial charge < -0.3 is 10.1 Å². The minimum absolute atomic E-state index is 0.213. The van der Waals surface area contributed by atoms with Crippen molar-refractivity contribution in [2.24, 2.45) is 0 Å². The average Bonchev–Trinajstić information content (AvgIpc) is 3.43. The first-order valence-electron chi connectivity index (χ1n) is 12.0. The van der Waals surface area contributed by atoms with Gasteiger partial charge in [-0.3, -0.25) is 4.90 Å². The van der Waals surface area contributed by atoms with Crippen LogP contribution >= 0.6 is 0 Å². The Hall–Kier alpha value is -3.30. The molecular weight excluding hydrogens is 445 g/mol. The van der Waals surface area contributed by atoms with Crippen LogP contribution in [0.15, 0.2) is 48.7 Å². The van der Waals surface area contributed by atoms with E-state index >= 15 is 4.39 Å². The molecule has 1 fully saturated rings. The lowest BCUT2D eigenvalue weighted by atomic mass is 10.1. The van der Waals surface area contributed by atoms with E-state index in [9.17, 15) is 0 Å². The summed E-state index contributed by atoms with van der Waals surface area (Å²) in [4.78, 5) is 6.92. The second kappa shape index (κ2) is 9.39. The molecule has 5 rings (SSSR count). The summed E-state index contributed by atoms with van der Waals surface area (Å²) in [5, 5.41) is 12.9. The Morgan fingerprint density at radius 1 is 1.09 bits per heavy atom. The predicted octanol–water partition coefficient (Wildman–Crippen LogP) is 4.62. The lowest BCUT2D eigenvalue weighted by Gasteiger charge is -2.27. The van der Waals surface area contributed by atoms with Crippen molar-refractivity contribution in [2.75, 3.05) is 31.6 Å². The molecule has 1 aromatic carbocycles. The van der Waals surface area contributed by atoms with Crippen LogP contribution in [0, 0.1) is 6.92 Å². The number of fused-ring (bicyclic) bond motifs is 1. The molecule has 9 heteroatoms. The fourth-order valence-corrected chi connectivity index (χ4v) is 4.42. The highest BCUT2D eigenvalue weighted by Gasteiger charge is 2.23. The lowest BCUT2D eigenvalue weighted by molar-refractivity contribution is 0.0343. The topological polar surface area (TPSA) is 72.5 Å². The summed E-state index contributed by atoms with van der Waals surface area (Å²) in [6.07, 6.45) is 0.253. The number of imidazole rings is 1. The number of halogens is 1. The van der Waals surface area contributed by atoms with Crippen molar-refractivity contribution in [1.82, 2.24) is 29.3 Å². The minimum atomic E-state index is -1.34. The third-order valence-electron chi connectivity index (χ3n) is 6.14. The molecule has 3 aromatic heterocycles. The highest BCUT2D eigenvalue weighted by molar-refractivity contribution is 5.59. The highest BCUT2D eigenvalue weighted by atomic mass is 19.1. The molecule has 1 N–H and O–H groups in total. The van der Waals surface area contributed by atoms with E-state index in [1.54, 1.807) is 22.8 Å². The quantitative estimate of drug-likeness (QED) is 0.437. The molecule has 1 unspecified atom stereocenters. The van der Waals surface area contributed by atoms with Gasteiger partial charge in [-0.05, 0) is 39.3 Å².